The number of carbonyl (C=O) groups excluding carboxylic acids is 1. The first-order chi connectivity index (χ1) is 15.1. The molecule has 0 fully saturated rings. The number of carbonyl (C=O) groups is 1. The van der Waals surface area contributed by atoms with E-state index in [1.165, 1.54) is 0 Å². The number of nitrogens with zero attached hydrogens (tertiary/aromatic N) is 3. The summed E-state index contributed by atoms with van der Waals surface area (Å²) in [7, 11) is -0.583. The molecule has 0 bridgehead atoms. The van der Waals surface area contributed by atoms with Crippen molar-refractivity contribution >= 4 is 15.7 Å². The van der Waals surface area contributed by atoms with Crippen LogP contribution in [-0.2, 0) is 38.2 Å². The summed E-state index contributed by atoms with van der Waals surface area (Å²) in [6.45, 7) is 9.30. The van der Waals surface area contributed by atoms with Gasteiger partial charge in [0.05, 0.1) is 37.9 Å². The van der Waals surface area contributed by atoms with Crippen LogP contribution in [0.1, 0.15) is 39.0 Å². The molecule has 9 heteroatoms. The lowest BCUT2D eigenvalue weighted by Crippen LogP contribution is -2.37. The summed E-state index contributed by atoms with van der Waals surface area (Å²) in [6.07, 6.45) is 1.56. The first-order valence-electron chi connectivity index (χ1n) is 10.8. The van der Waals surface area contributed by atoms with Gasteiger partial charge in [0, 0.05) is 26.1 Å². The number of rotatable bonds is 12. The van der Waals surface area contributed by atoms with Gasteiger partial charge in [-0.05, 0) is 23.6 Å². The van der Waals surface area contributed by atoms with Crippen molar-refractivity contribution < 1.29 is 22.7 Å². The van der Waals surface area contributed by atoms with Gasteiger partial charge < -0.3 is 18.9 Å². The fourth-order valence-electron chi connectivity index (χ4n) is 3.40. The van der Waals surface area contributed by atoms with Gasteiger partial charge in [0.2, 0.25) is 20.9 Å². The molecule has 32 heavy (non-hydrogen) atoms. The lowest BCUT2D eigenvalue weighted by atomic mass is 10.2. The predicted molar refractivity (Wildman–Crippen MR) is 123 cm³/mol. The molecule has 2 rings (SSSR count). The van der Waals surface area contributed by atoms with Crippen molar-refractivity contribution in [2.75, 3.05) is 27.4 Å². The number of sulfone groups is 1. The fraction of sp³-hybridized carbons (Fsp3) is 0.565. The normalized spacial score (nSPS) is 11.9. The summed E-state index contributed by atoms with van der Waals surface area (Å²) in [5.74, 6) is 0.424. The predicted octanol–water partition coefficient (Wildman–Crippen LogP) is 3.15. The molecule has 0 atom stereocenters. The lowest BCUT2D eigenvalue weighted by molar-refractivity contribution is -0.135. The molecule has 0 aliphatic heterocycles. The third kappa shape index (κ3) is 6.80. The second-order valence-corrected chi connectivity index (χ2v) is 10.4. The fourth-order valence-corrected chi connectivity index (χ4v) is 4.89. The number of hydrogen-bond donors (Lipinski definition) is 0. The first kappa shape index (κ1) is 25.9. The van der Waals surface area contributed by atoms with Gasteiger partial charge in [0.15, 0.2) is 0 Å². The van der Waals surface area contributed by atoms with E-state index in [1.807, 2.05) is 27.7 Å². The van der Waals surface area contributed by atoms with Crippen LogP contribution in [0.2, 0.25) is 0 Å². The Morgan fingerprint density at radius 3 is 2.50 bits per heavy atom. The van der Waals surface area contributed by atoms with Crippen LogP contribution in [0.5, 0.6) is 5.75 Å². The van der Waals surface area contributed by atoms with Crippen LogP contribution in [0.25, 0.3) is 0 Å². The van der Waals surface area contributed by atoms with Gasteiger partial charge in [-0.3, -0.25) is 4.79 Å². The standard InChI is InChI=1S/C23H35N3O5S/c1-17(2)14-26-20(15-25(10-11-30-5)22(27)18(3)4)13-24-23(26)32(28,29)16-19-8-7-9-21(12-19)31-6/h7-9,12-13,17-18H,10-11,14-16H2,1-6H3. The SMILES string of the molecule is COCCN(Cc1cnc(S(=O)(=O)Cc2cccc(OC)c2)n1CC(C)C)C(=O)C(C)C. The first-order valence-corrected chi connectivity index (χ1v) is 12.4. The maximum atomic E-state index is 13.3. The van der Waals surface area contributed by atoms with Gasteiger partial charge in [-0.1, -0.05) is 39.8 Å². The Labute approximate surface area is 191 Å². The number of methoxy groups -OCH3 is 2. The second kappa shape index (κ2) is 11.5. The molecular formula is C23H35N3O5S. The summed E-state index contributed by atoms with van der Waals surface area (Å²) in [6, 6.07) is 7.00. The Balaban J connectivity index is 2.40. The van der Waals surface area contributed by atoms with Crippen LogP contribution in [0, 0.1) is 11.8 Å². The molecule has 0 spiro atoms. The maximum absolute atomic E-state index is 13.3. The molecule has 0 unspecified atom stereocenters. The van der Waals surface area contributed by atoms with E-state index >= 15 is 0 Å². The molecule has 1 heterocycles. The molecule has 0 saturated heterocycles. The average Bonchev–Trinajstić information content (AvgIpc) is 3.12. The quantitative estimate of drug-likeness (QED) is 0.478. The third-order valence-corrected chi connectivity index (χ3v) is 6.54. The van der Waals surface area contributed by atoms with E-state index in [-0.39, 0.29) is 35.2 Å². The van der Waals surface area contributed by atoms with Crippen LogP contribution in [0.3, 0.4) is 0 Å². The van der Waals surface area contributed by atoms with E-state index in [4.69, 9.17) is 9.47 Å². The summed E-state index contributed by atoms with van der Waals surface area (Å²) < 4.78 is 38.7. The van der Waals surface area contributed by atoms with Crippen LogP contribution in [0.4, 0.5) is 0 Å². The van der Waals surface area contributed by atoms with Crippen LogP contribution < -0.4 is 4.74 Å². The summed E-state index contributed by atoms with van der Waals surface area (Å²) in [4.78, 5) is 18.7. The highest BCUT2D eigenvalue weighted by atomic mass is 32.2. The Bertz CT molecular complexity index is 999. The molecule has 178 valence electrons. The van der Waals surface area contributed by atoms with Crippen molar-refractivity contribution in [3.8, 4) is 5.75 Å². The van der Waals surface area contributed by atoms with Gasteiger partial charge in [-0.15, -0.1) is 0 Å². The molecule has 0 aliphatic carbocycles. The molecule has 1 amide bonds. The monoisotopic (exact) mass is 465 g/mol. The Hall–Kier alpha value is -2.39. The van der Waals surface area contributed by atoms with E-state index in [0.717, 1.165) is 0 Å². The van der Waals surface area contributed by atoms with Crippen molar-refractivity contribution in [1.82, 2.24) is 14.5 Å². The molecule has 1 aromatic heterocycles. The minimum Gasteiger partial charge on any atom is -0.497 e. The number of benzene rings is 1. The Morgan fingerprint density at radius 1 is 1.19 bits per heavy atom. The minimum atomic E-state index is -3.71. The van der Waals surface area contributed by atoms with E-state index in [1.54, 1.807) is 54.1 Å². The summed E-state index contributed by atoms with van der Waals surface area (Å²) in [5.41, 5.74) is 1.31. The van der Waals surface area contributed by atoms with Crippen molar-refractivity contribution in [3.63, 3.8) is 0 Å². The van der Waals surface area contributed by atoms with Crippen LogP contribution in [0.15, 0.2) is 35.6 Å². The largest absolute Gasteiger partial charge is 0.497 e. The number of aromatic nitrogens is 2. The summed E-state index contributed by atoms with van der Waals surface area (Å²) in [5, 5.41) is 0.0210. The van der Waals surface area contributed by atoms with Gasteiger partial charge in [-0.25, -0.2) is 13.4 Å². The third-order valence-electron chi connectivity index (χ3n) is 4.94. The summed E-state index contributed by atoms with van der Waals surface area (Å²) >= 11 is 0. The van der Waals surface area contributed by atoms with E-state index in [2.05, 4.69) is 4.98 Å². The van der Waals surface area contributed by atoms with Gasteiger partial charge in [0.1, 0.15) is 5.75 Å². The van der Waals surface area contributed by atoms with E-state index in [9.17, 15) is 13.2 Å². The highest BCUT2D eigenvalue weighted by Crippen LogP contribution is 2.22. The molecule has 8 nitrogen and oxygen atoms in total. The van der Waals surface area contributed by atoms with Crippen LogP contribution in [-0.4, -0.2) is 56.1 Å². The second-order valence-electron chi connectivity index (χ2n) is 8.55. The van der Waals surface area contributed by atoms with E-state index < -0.39 is 9.84 Å². The Morgan fingerprint density at radius 2 is 1.91 bits per heavy atom. The highest BCUT2D eigenvalue weighted by molar-refractivity contribution is 7.90. The zero-order valence-electron chi connectivity index (χ0n) is 19.9. The molecular weight excluding hydrogens is 430 g/mol. The van der Waals surface area contributed by atoms with Crippen LogP contribution >= 0.6 is 0 Å². The number of ether oxygens (including phenoxy) is 2. The molecule has 0 N–H and O–H groups in total. The van der Waals surface area contributed by atoms with Crippen molar-refractivity contribution in [3.05, 3.63) is 41.7 Å². The van der Waals surface area contributed by atoms with Crippen molar-refractivity contribution in [2.45, 2.75) is 51.7 Å². The lowest BCUT2D eigenvalue weighted by Gasteiger charge is -2.25. The number of amides is 1. The molecule has 0 saturated carbocycles. The minimum absolute atomic E-state index is 0.0138. The van der Waals surface area contributed by atoms with E-state index in [0.29, 0.717) is 36.7 Å². The topological polar surface area (TPSA) is 90.7 Å². The maximum Gasteiger partial charge on any atom is 0.228 e. The smallest absolute Gasteiger partial charge is 0.228 e. The zero-order chi connectivity index (χ0) is 23.9. The van der Waals surface area contributed by atoms with Crippen molar-refractivity contribution in [1.29, 1.82) is 0 Å². The highest BCUT2D eigenvalue weighted by Gasteiger charge is 2.26. The Kier molecular flexibility index (Phi) is 9.27. The van der Waals surface area contributed by atoms with Gasteiger partial charge >= 0.3 is 0 Å². The molecule has 2 aromatic rings. The molecule has 1 aromatic carbocycles. The van der Waals surface area contributed by atoms with Crippen molar-refractivity contribution in [2.24, 2.45) is 11.8 Å². The number of imidazole rings is 1. The molecule has 0 radical (unpaired) electrons. The van der Waals surface area contributed by atoms with Gasteiger partial charge in [-0.2, -0.15) is 0 Å². The average molecular weight is 466 g/mol. The van der Waals surface area contributed by atoms with Gasteiger partial charge in [0.25, 0.3) is 0 Å². The zero-order valence-corrected chi connectivity index (χ0v) is 20.7. The molecule has 0 aliphatic rings. The number of hydrogen-bond acceptors (Lipinski definition) is 6.